The summed E-state index contributed by atoms with van der Waals surface area (Å²) in [4.78, 5) is 2.65. The van der Waals surface area contributed by atoms with E-state index in [-0.39, 0.29) is 0 Å². The van der Waals surface area contributed by atoms with Crippen LogP contribution in [0.25, 0.3) is 0 Å². The number of nitrogens with two attached hydrogens (primary N) is 1. The molecule has 0 aliphatic carbocycles. The van der Waals surface area contributed by atoms with Gasteiger partial charge in [-0.3, -0.25) is 0 Å². The molecule has 104 valence electrons. The first-order chi connectivity index (χ1) is 9.28. The van der Waals surface area contributed by atoms with E-state index < -0.39 is 0 Å². The second-order valence-electron chi connectivity index (χ2n) is 6.29. The molecule has 2 fully saturated rings. The van der Waals surface area contributed by atoms with Gasteiger partial charge in [-0.2, -0.15) is 0 Å². The molecular weight excluding hydrogens is 232 g/mol. The molecular formula is C17H26N2. The molecule has 2 N–H and O–H groups in total. The lowest BCUT2D eigenvalue weighted by molar-refractivity contribution is 0.414. The molecule has 0 amide bonds. The summed E-state index contributed by atoms with van der Waals surface area (Å²) in [5.41, 5.74) is 9.04. The van der Waals surface area contributed by atoms with Crippen molar-refractivity contribution in [2.75, 3.05) is 4.90 Å². The quantitative estimate of drug-likeness (QED) is 0.895. The number of fused-ring (bicyclic) bond motifs is 2. The zero-order valence-corrected chi connectivity index (χ0v) is 12.0. The van der Waals surface area contributed by atoms with Crippen LogP contribution < -0.4 is 10.6 Å². The molecule has 1 aromatic rings. The van der Waals surface area contributed by atoms with E-state index in [9.17, 15) is 0 Å². The fourth-order valence-corrected chi connectivity index (χ4v) is 3.86. The standard InChI is InChI=1S/C17H26N2/c1-2-3-4-13-5-7-15(8-6-13)19-16-9-10-17(19)12-14(18)11-16/h5-8,14,16-17H,2-4,9-12,18H2,1H3. The molecule has 0 radical (unpaired) electrons. The van der Waals surface area contributed by atoms with Gasteiger partial charge in [0.1, 0.15) is 0 Å². The Labute approximate surface area is 117 Å². The van der Waals surface area contributed by atoms with E-state index >= 15 is 0 Å². The summed E-state index contributed by atoms with van der Waals surface area (Å²) in [7, 11) is 0. The van der Waals surface area contributed by atoms with Gasteiger partial charge in [-0.25, -0.2) is 0 Å². The Hall–Kier alpha value is -1.02. The van der Waals surface area contributed by atoms with Crippen molar-refractivity contribution in [1.29, 1.82) is 0 Å². The van der Waals surface area contributed by atoms with Gasteiger partial charge < -0.3 is 10.6 Å². The Balaban J connectivity index is 1.72. The highest BCUT2D eigenvalue weighted by molar-refractivity contribution is 5.51. The molecule has 0 aromatic heterocycles. The van der Waals surface area contributed by atoms with E-state index in [4.69, 9.17) is 5.73 Å². The number of benzene rings is 1. The van der Waals surface area contributed by atoms with Crippen molar-refractivity contribution >= 4 is 5.69 Å². The van der Waals surface area contributed by atoms with Crippen LogP contribution in [0, 0.1) is 0 Å². The third kappa shape index (κ3) is 2.64. The lowest BCUT2D eigenvalue weighted by atomic mass is 9.97. The number of nitrogens with zero attached hydrogens (tertiary/aromatic N) is 1. The highest BCUT2D eigenvalue weighted by Gasteiger charge is 2.39. The van der Waals surface area contributed by atoms with Gasteiger partial charge in [-0.1, -0.05) is 25.5 Å². The molecule has 2 heterocycles. The second-order valence-corrected chi connectivity index (χ2v) is 6.29. The lowest BCUT2D eigenvalue weighted by Crippen LogP contribution is -2.47. The maximum Gasteiger partial charge on any atom is 0.0371 e. The van der Waals surface area contributed by atoms with Crippen molar-refractivity contribution in [3.8, 4) is 0 Å². The summed E-state index contributed by atoms with van der Waals surface area (Å²) >= 11 is 0. The Morgan fingerprint density at radius 2 is 1.74 bits per heavy atom. The molecule has 2 saturated heterocycles. The molecule has 2 unspecified atom stereocenters. The smallest absolute Gasteiger partial charge is 0.0371 e. The molecule has 2 bridgehead atoms. The van der Waals surface area contributed by atoms with Crippen LogP contribution in [0.1, 0.15) is 51.0 Å². The fraction of sp³-hybridized carbons (Fsp3) is 0.647. The van der Waals surface area contributed by atoms with Crippen LogP contribution in [0.3, 0.4) is 0 Å². The van der Waals surface area contributed by atoms with E-state index in [1.54, 1.807) is 0 Å². The Morgan fingerprint density at radius 1 is 1.11 bits per heavy atom. The van der Waals surface area contributed by atoms with Gasteiger partial charge in [0.05, 0.1) is 0 Å². The summed E-state index contributed by atoms with van der Waals surface area (Å²) in [6.45, 7) is 2.25. The molecule has 3 rings (SSSR count). The molecule has 2 aliphatic heterocycles. The molecule has 2 nitrogen and oxygen atoms in total. The molecule has 0 spiro atoms. The zero-order chi connectivity index (χ0) is 13.2. The summed E-state index contributed by atoms with van der Waals surface area (Å²) in [6.07, 6.45) is 8.79. The maximum atomic E-state index is 6.15. The van der Waals surface area contributed by atoms with Crippen LogP contribution in [0.2, 0.25) is 0 Å². The molecule has 2 heteroatoms. The predicted octanol–water partition coefficient (Wildman–Crippen LogP) is 3.49. The third-order valence-electron chi connectivity index (χ3n) is 4.82. The van der Waals surface area contributed by atoms with Gasteiger partial charge in [0.2, 0.25) is 0 Å². The second kappa shape index (κ2) is 5.54. The Bertz CT molecular complexity index is 398. The van der Waals surface area contributed by atoms with Gasteiger partial charge in [0, 0.05) is 23.8 Å². The molecule has 1 aromatic carbocycles. The average molecular weight is 258 g/mol. The number of hydrogen-bond acceptors (Lipinski definition) is 2. The average Bonchev–Trinajstić information content (AvgIpc) is 2.69. The van der Waals surface area contributed by atoms with E-state index in [1.165, 1.54) is 56.2 Å². The van der Waals surface area contributed by atoms with Gasteiger partial charge in [-0.15, -0.1) is 0 Å². The van der Waals surface area contributed by atoms with Crippen LogP contribution in [0.4, 0.5) is 5.69 Å². The Kier molecular flexibility index (Phi) is 3.79. The number of hydrogen-bond donors (Lipinski definition) is 1. The summed E-state index contributed by atoms with van der Waals surface area (Å²) in [6, 6.07) is 11.1. The number of aryl methyl sites for hydroxylation is 1. The molecule has 0 saturated carbocycles. The summed E-state index contributed by atoms with van der Waals surface area (Å²) in [5, 5.41) is 0. The normalized spacial score (nSPS) is 29.8. The highest BCUT2D eigenvalue weighted by atomic mass is 15.2. The van der Waals surface area contributed by atoms with Crippen LogP contribution >= 0.6 is 0 Å². The van der Waals surface area contributed by atoms with Crippen LogP contribution in [-0.2, 0) is 6.42 Å². The monoisotopic (exact) mass is 258 g/mol. The fourth-order valence-electron chi connectivity index (χ4n) is 3.86. The first-order valence-corrected chi connectivity index (χ1v) is 7.90. The minimum atomic E-state index is 0.428. The predicted molar refractivity (Wildman–Crippen MR) is 81.6 cm³/mol. The van der Waals surface area contributed by atoms with Crippen molar-refractivity contribution in [3.63, 3.8) is 0 Å². The van der Waals surface area contributed by atoms with Crippen LogP contribution in [0.5, 0.6) is 0 Å². The van der Waals surface area contributed by atoms with Crippen molar-refractivity contribution in [3.05, 3.63) is 29.8 Å². The van der Waals surface area contributed by atoms with E-state index in [2.05, 4.69) is 36.1 Å². The molecule has 19 heavy (non-hydrogen) atoms. The lowest BCUT2D eigenvalue weighted by Gasteiger charge is -2.39. The van der Waals surface area contributed by atoms with Gasteiger partial charge in [0.15, 0.2) is 0 Å². The minimum absolute atomic E-state index is 0.428. The highest BCUT2D eigenvalue weighted by Crippen LogP contribution is 2.38. The summed E-state index contributed by atoms with van der Waals surface area (Å²) < 4.78 is 0. The van der Waals surface area contributed by atoms with Crippen molar-refractivity contribution in [2.24, 2.45) is 5.73 Å². The van der Waals surface area contributed by atoms with Crippen molar-refractivity contribution in [2.45, 2.75) is 70.0 Å². The molecule has 2 atom stereocenters. The first kappa shape index (κ1) is 13.0. The maximum absolute atomic E-state index is 6.15. The van der Waals surface area contributed by atoms with E-state index in [0.29, 0.717) is 18.1 Å². The van der Waals surface area contributed by atoms with E-state index in [1.807, 2.05) is 0 Å². The minimum Gasteiger partial charge on any atom is -0.365 e. The van der Waals surface area contributed by atoms with Crippen molar-refractivity contribution in [1.82, 2.24) is 0 Å². The van der Waals surface area contributed by atoms with Gasteiger partial charge >= 0.3 is 0 Å². The van der Waals surface area contributed by atoms with Crippen LogP contribution in [0.15, 0.2) is 24.3 Å². The van der Waals surface area contributed by atoms with Crippen molar-refractivity contribution < 1.29 is 0 Å². The van der Waals surface area contributed by atoms with Gasteiger partial charge in [0.25, 0.3) is 0 Å². The Morgan fingerprint density at radius 3 is 2.32 bits per heavy atom. The third-order valence-corrected chi connectivity index (χ3v) is 4.82. The largest absolute Gasteiger partial charge is 0.365 e. The number of rotatable bonds is 4. The number of unbranched alkanes of at least 4 members (excludes halogenated alkanes) is 1. The SMILES string of the molecule is CCCCc1ccc(N2C3CCC2CC(N)C3)cc1. The van der Waals surface area contributed by atoms with Gasteiger partial charge in [-0.05, 0) is 56.2 Å². The topological polar surface area (TPSA) is 29.3 Å². The van der Waals surface area contributed by atoms with E-state index in [0.717, 1.165) is 0 Å². The summed E-state index contributed by atoms with van der Waals surface area (Å²) in [5.74, 6) is 0. The first-order valence-electron chi connectivity index (χ1n) is 7.90. The zero-order valence-electron chi connectivity index (χ0n) is 12.0. The van der Waals surface area contributed by atoms with Crippen LogP contribution in [-0.4, -0.2) is 18.1 Å². The number of piperidine rings is 1. The molecule has 2 aliphatic rings. The number of anilines is 1.